The monoisotopic (exact) mass is 1570 g/mol. The first kappa shape index (κ1) is 91.7. The second kappa shape index (κ2) is 48.0. The van der Waals surface area contributed by atoms with Crippen molar-refractivity contribution in [2.24, 2.45) is 35.5 Å². The Bertz CT molecular complexity index is 3900. The van der Waals surface area contributed by atoms with Crippen molar-refractivity contribution in [1.82, 2.24) is 61.1 Å². The first-order valence-corrected chi connectivity index (χ1v) is 38.9. The van der Waals surface area contributed by atoms with Crippen LogP contribution in [0.15, 0.2) is 97.6 Å². The van der Waals surface area contributed by atoms with Crippen LogP contribution >= 0.6 is 0 Å². The molecule has 0 radical (unpaired) electrons. The number of hydrogen-bond acceptors (Lipinski definition) is 21. The summed E-state index contributed by atoms with van der Waals surface area (Å²) in [7, 11) is 0. The smallest absolute Gasteiger partial charge is 0.317 e. The number of para-hydroxylation sites is 1. The minimum Gasteiger partial charge on any atom is -0.480 e. The fourth-order valence-corrected chi connectivity index (χ4v) is 13.8. The van der Waals surface area contributed by atoms with Crippen molar-refractivity contribution in [3.63, 3.8) is 0 Å². The number of aliphatic carboxylic acids is 2. The maximum atomic E-state index is 14.8. The Labute approximate surface area is 660 Å². The molecule has 6 amide bonds. The van der Waals surface area contributed by atoms with Crippen LogP contribution < -0.4 is 31.9 Å². The number of imidazole rings is 1. The number of anilines is 1. The second-order valence-corrected chi connectivity index (χ2v) is 30.6. The predicted molar refractivity (Wildman–Crippen MR) is 421 cm³/mol. The molecule has 1 aliphatic heterocycles. The van der Waals surface area contributed by atoms with Gasteiger partial charge in [-0.1, -0.05) is 109 Å². The van der Waals surface area contributed by atoms with E-state index in [2.05, 4.69) is 74.5 Å². The maximum absolute atomic E-state index is 14.8. The highest BCUT2D eigenvalue weighted by Gasteiger charge is 2.35. The van der Waals surface area contributed by atoms with Gasteiger partial charge in [0.1, 0.15) is 25.7 Å². The number of amides is 6. The van der Waals surface area contributed by atoms with Crippen LogP contribution in [0.5, 0.6) is 0 Å². The average Bonchev–Trinajstić information content (AvgIpc) is 1.69. The number of carboxylic acid groups (broad SMARTS) is 2. The van der Waals surface area contributed by atoms with E-state index in [9.17, 15) is 77.3 Å². The Hall–Kier alpha value is -10.2. The number of hydrogen-bond donors (Lipinski definition) is 10. The number of H-pyrrole nitrogens is 2. The molecule has 6 rings (SSSR count). The van der Waals surface area contributed by atoms with Crippen LogP contribution in [-0.2, 0) is 102 Å². The van der Waals surface area contributed by atoms with Crippen molar-refractivity contribution in [2.45, 2.75) is 163 Å². The van der Waals surface area contributed by atoms with Crippen molar-refractivity contribution in [3.05, 3.63) is 120 Å². The van der Waals surface area contributed by atoms with Gasteiger partial charge in [0.25, 0.3) is 6.47 Å². The van der Waals surface area contributed by atoms with Crippen molar-refractivity contribution >= 4 is 99.4 Å². The molecular formula is C82H115N13O18. The molecule has 2 aromatic heterocycles. The molecule has 0 bridgehead atoms. The third-order valence-corrected chi connectivity index (χ3v) is 19.7. The number of nitrogens with one attached hydrogen (secondary N) is 8. The van der Waals surface area contributed by atoms with Gasteiger partial charge in [0.2, 0.25) is 35.4 Å². The van der Waals surface area contributed by atoms with E-state index < -0.39 is 127 Å². The zero-order valence-corrected chi connectivity index (χ0v) is 66.3. The Morgan fingerprint density at radius 1 is 0.549 bits per heavy atom. The van der Waals surface area contributed by atoms with Gasteiger partial charge < -0.3 is 66.4 Å². The number of ketones is 5. The Kier molecular flexibility index (Phi) is 38.9. The predicted octanol–water partition coefficient (Wildman–Crippen LogP) is 4.86. The number of ether oxygens (including phenoxy) is 2. The van der Waals surface area contributed by atoms with E-state index in [0.717, 1.165) is 23.7 Å². The number of nitrogens with zero attached hydrogens (tertiary/aromatic N) is 5. The first-order chi connectivity index (χ1) is 53.9. The summed E-state index contributed by atoms with van der Waals surface area (Å²) >= 11 is 0. The standard InChI is InChI=1S/C82H115N13O18/c1-53(2)34-60(35-54(3)4)38-72(100)69(41-64-44-83-50-86-64)88-74(102)25-24-70(98)80(55(5)6)91-81(110)56(7)36-71(99)68(39-62-43-84-66-17-13-12-16-65(62)66)90-82(111)61(21-18-57(8)97)40-73(101)67(37-58-14-10-9-11-15-58)89-77(105)49-112-48-76(104)87-63-22-19-59(20-23-63)42-85-75(103)45-92-26-28-93(46-78(106)107)30-32-95(51-113-52-96)33-31-94(29-27-92)47-79(108)109/h9-17,19-20,22-23,43-44,50,52-56,60-61,67-69,80,84H,18,21,24-42,45-49,51H2,1-8H3,(H,83,86)(H,85,103)(H,87,104)(H,88,102)(H,89,105)(H,90,111)(H,91,110)(H,106,107)(H,108,109)/t56-,61-,67-,68+,69+,80+/m1/s1. The molecule has 1 fully saturated rings. The normalized spacial score (nSPS) is 15.2. The van der Waals surface area contributed by atoms with Crippen LogP contribution in [0.3, 0.4) is 0 Å². The third-order valence-electron chi connectivity index (χ3n) is 19.7. The van der Waals surface area contributed by atoms with E-state index >= 15 is 0 Å². The summed E-state index contributed by atoms with van der Waals surface area (Å²) in [6.07, 6.45) is 5.24. The van der Waals surface area contributed by atoms with Gasteiger partial charge in [0.15, 0.2) is 23.1 Å². The molecule has 113 heavy (non-hydrogen) atoms. The number of carbonyl (C=O) groups is 14. The van der Waals surface area contributed by atoms with Gasteiger partial charge in [-0.25, -0.2) is 4.98 Å². The Morgan fingerprint density at radius 3 is 1.71 bits per heavy atom. The summed E-state index contributed by atoms with van der Waals surface area (Å²) in [4.78, 5) is 204. The van der Waals surface area contributed by atoms with Gasteiger partial charge in [0.05, 0.1) is 50.1 Å². The molecular weight excluding hydrogens is 1450 g/mol. The number of carboxylic acids is 2. The zero-order chi connectivity index (χ0) is 82.5. The van der Waals surface area contributed by atoms with Crippen LogP contribution in [0.2, 0.25) is 0 Å². The number of fused-ring (bicyclic) bond motifs is 1. The van der Waals surface area contributed by atoms with Crippen molar-refractivity contribution in [1.29, 1.82) is 0 Å². The molecule has 0 unspecified atom stereocenters. The average molecular weight is 1570 g/mol. The number of carbonyl (C=O) groups excluding carboxylic acids is 12. The lowest BCUT2D eigenvalue weighted by Crippen LogP contribution is -2.49. The van der Waals surface area contributed by atoms with E-state index in [-0.39, 0.29) is 134 Å². The van der Waals surface area contributed by atoms with Gasteiger partial charge in [0, 0.05) is 157 Å². The van der Waals surface area contributed by atoms with Gasteiger partial charge in [-0.3, -0.25) is 81.9 Å². The molecule has 5 aromatic rings. The Morgan fingerprint density at radius 2 is 1.12 bits per heavy atom. The molecule has 31 nitrogen and oxygen atoms in total. The lowest BCUT2D eigenvalue weighted by molar-refractivity contribution is -0.139. The summed E-state index contributed by atoms with van der Waals surface area (Å²) in [5.41, 5.74) is 3.76. The molecule has 31 heteroatoms. The molecule has 0 saturated carbocycles. The lowest BCUT2D eigenvalue weighted by Gasteiger charge is -2.32. The van der Waals surface area contributed by atoms with E-state index in [1.54, 1.807) is 95.5 Å². The summed E-state index contributed by atoms with van der Waals surface area (Å²) in [5, 5.41) is 36.8. The number of aromatic nitrogens is 3. The fourth-order valence-electron chi connectivity index (χ4n) is 13.8. The topological polar surface area (TPSA) is 428 Å². The molecule has 3 heterocycles. The van der Waals surface area contributed by atoms with E-state index in [4.69, 9.17) is 9.47 Å². The number of aromatic amines is 2. The van der Waals surface area contributed by atoms with Gasteiger partial charge in [-0.15, -0.1) is 0 Å². The SMILES string of the molecule is CC(=O)CC[C@H](CC(=O)[C@@H](Cc1ccccc1)NC(=O)COCC(=O)Nc1ccc(CNC(=O)CN2CCN(CC(=O)O)CCN(COC=O)CCN(CC(=O)O)CC2)cc1)C(=O)N[C@@H](Cc1c[nH]c2ccccc12)C(=O)C[C@@H](C)C(=O)N[C@H](C(=O)CCC(=O)N[C@@H](Cc1cnc[nH]1)C(=O)CC(CC(C)C)CC(C)C)C(C)C. The van der Waals surface area contributed by atoms with Crippen LogP contribution in [-0.4, -0.2) is 244 Å². The molecule has 0 aliphatic carbocycles. The number of Topliss-reactive ketones (excluding diaryl/α,β-unsaturated/α-hetero) is 5. The van der Waals surface area contributed by atoms with Crippen LogP contribution in [0, 0.1) is 35.5 Å². The first-order valence-electron chi connectivity index (χ1n) is 38.9. The molecule has 0 spiro atoms. The molecule has 1 aliphatic rings. The summed E-state index contributed by atoms with van der Waals surface area (Å²) in [6, 6.07) is 18.2. The minimum absolute atomic E-state index is 0.0223. The quantitative estimate of drug-likeness (QED) is 0.0232. The minimum atomic E-state index is -1.28. The highest BCUT2D eigenvalue weighted by atomic mass is 16.5. The van der Waals surface area contributed by atoms with E-state index in [1.807, 2.05) is 29.2 Å². The maximum Gasteiger partial charge on any atom is 0.317 e. The van der Waals surface area contributed by atoms with E-state index in [1.165, 1.54) is 20.2 Å². The lowest BCUT2D eigenvalue weighted by atomic mass is 9.84. The zero-order valence-electron chi connectivity index (χ0n) is 66.3. The van der Waals surface area contributed by atoms with Crippen molar-refractivity contribution < 1.29 is 86.8 Å². The number of benzene rings is 3. The van der Waals surface area contributed by atoms with Crippen LogP contribution in [0.4, 0.5) is 5.69 Å². The largest absolute Gasteiger partial charge is 0.480 e. The van der Waals surface area contributed by atoms with Gasteiger partial charge in [-0.2, -0.15) is 0 Å². The van der Waals surface area contributed by atoms with Gasteiger partial charge >= 0.3 is 11.9 Å². The fraction of sp³-hybridized carbons (Fsp3) is 0.549. The third kappa shape index (κ3) is 34.3. The van der Waals surface area contributed by atoms with Crippen LogP contribution in [0.1, 0.15) is 136 Å². The molecule has 1 saturated heterocycles. The summed E-state index contributed by atoms with van der Waals surface area (Å²) in [6.45, 7) is 15.7. The molecule has 616 valence electrons. The van der Waals surface area contributed by atoms with Crippen LogP contribution in [0.25, 0.3) is 10.9 Å². The Balaban J connectivity index is 1.05. The van der Waals surface area contributed by atoms with Gasteiger partial charge in [-0.05, 0) is 91.2 Å². The molecule has 3 aromatic carbocycles. The summed E-state index contributed by atoms with van der Waals surface area (Å²) < 4.78 is 10.5. The highest BCUT2D eigenvalue weighted by molar-refractivity contribution is 5.98. The summed E-state index contributed by atoms with van der Waals surface area (Å²) in [5.74, 6) is -9.49. The van der Waals surface area contributed by atoms with E-state index in [0.29, 0.717) is 72.6 Å². The molecule has 10 N–H and O–H groups in total. The molecule has 6 atom stereocenters. The second-order valence-electron chi connectivity index (χ2n) is 30.6. The number of rotatable bonds is 49. The van der Waals surface area contributed by atoms with Crippen molar-refractivity contribution in [3.8, 4) is 0 Å². The van der Waals surface area contributed by atoms with Crippen molar-refractivity contribution in [2.75, 3.05) is 97.3 Å². The highest BCUT2D eigenvalue weighted by Crippen LogP contribution is 2.26.